The van der Waals surface area contributed by atoms with Crippen LogP contribution in [-0.4, -0.2) is 46.3 Å². The molecule has 0 saturated carbocycles. The summed E-state index contributed by atoms with van der Waals surface area (Å²) in [5, 5.41) is 6.91. The molecule has 144 valence electrons. The second-order valence-corrected chi connectivity index (χ2v) is 7.73. The number of rotatable bonds is 5. The highest BCUT2D eigenvalue weighted by Crippen LogP contribution is 2.36. The van der Waals surface area contributed by atoms with Crippen molar-refractivity contribution in [2.45, 2.75) is 39.2 Å². The van der Waals surface area contributed by atoms with Crippen LogP contribution in [0.3, 0.4) is 0 Å². The monoisotopic (exact) mass is 371 g/mol. The van der Waals surface area contributed by atoms with Crippen LogP contribution in [0.2, 0.25) is 0 Å². The van der Waals surface area contributed by atoms with Crippen LogP contribution in [0.1, 0.15) is 39.3 Å². The van der Waals surface area contributed by atoms with Crippen molar-refractivity contribution in [2.24, 2.45) is 0 Å². The van der Waals surface area contributed by atoms with Crippen molar-refractivity contribution in [2.75, 3.05) is 24.6 Å². The third kappa shape index (κ3) is 4.27. The lowest BCUT2D eigenvalue weighted by atomic mass is 9.86. The number of hydrogen-bond acceptors (Lipinski definition) is 5. The molecule has 1 unspecified atom stereocenters. The fraction of sp³-hybridized carbons (Fsp3) is 0.474. The maximum absolute atomic E-state index is 12.4. The topological polar surface area (TPSA) is 89.4 Å². The first-order valence-corrected chi connectivity index (χ1v) is 8.94. The van der Waals surface area contributed by atoms with E-state index in [9.17, 15) is 9.59 Å². The predicted molar refractivity (Wildman–Crippen MR) is 101 cm³/mol. The molecule has 2 heterocycles. The van der Waals surface area contributed by atoms with E-state index in [1.54, 1.807) is 11.0 Å². The third-order valence-corrected chi connectivity index (χ3v) is 4.55. The summed E-state index contributed by atoms with van der Waals surface area (Å²) in [7, 11) is 0. The minimum absolute atomic E-state index is 0.0309. The quantitative estimate of drug-likeness (QED) is 0.864. The molecule has 1 atom stereocenters. The van der Waals surface area contributed by atoms with Crippen molar-refractivity contribution in [1.29, 1.82) is 0 Å². The maximum atomic E-state index is 12.4. The van der Waals surface area contributed by atoms with Gasteiger partial charge < -0.3 is 10.1 Å². The predicted octanol–water partition coefficient (Wildman–Crippen LogP) is 1.68. The zero-order chi connectivity index (χ0) is 19.6. The van der Waals surface area contributed by atoms with Crippen LogP contribution in [0.25, 0.3) is 0 Å². The normalized spacial score (nSPS) is 15.1. The van der Waals surface area contributed by atoms with Crippen molar-refractivity contribution >= 4 is 17.5 Å². The van der Waals surface area contributed by atoms with Gasteiger partial charge in [0.1, 0.15) is 24.9 Å². The van der Waals surface area contributed by atoms with Crippen LogP contribution in [0.4, 0.5) is 5.69 Å². The number of amides is 2. The van der Waals surface area contributed by atoms with Gasteiger partial charge in [0.25, 0.3) is 5.91 Å². The first kappa shape index (κ1) is 18.9. The number of nitrogens with zero attached hydrogens (tertiary/aromatic N) is 4. The van der Waals surface area contributed by atoms with E-state index in [-0.39, 0.29) is 36.4 Å². The summed E-state index contributed by atoms with van der Waals surface area (Å²) in [5.41, 5.74) is 1.64. The number of anilines is 1. The van der Waals surface area contributed by atoms with Gasteiger partial charge in [0.05, 0.1) is 11.7 Å². The van der Waals surface area contributed by atoms with Crippen LogP contribution in [0.5, 0.6) is 5.75 Å². The van der Waals surface area contributed by atoms with Gasteiger partial charge in [-0.1, -0.05) is 26.8 Å². The average molecular weight is 371 g/mol. The average Bonchev–Trinajstić information content (AvgIpc) is 3.15. The molecule has 8 heteroatoms. The Morgan fingerprint density at radius 1 is 1.37 bits per heavy atom. The molecule has 2 aromatic rings. The number of nitrogens with one attached hydrogen (secondary N) is 1. The lowest BCUT2D eigenvalue weighted by molar-refractivity contribution is -0.125. The van der Waals surface area contributed by atoms with Crippen LogP contribution in [0.15, 0.2) is 30.9 Å². The summed E-state index contributed by atoms with van der Waals surface area (Å²) in [6.07, 6.45) is 3.06. The van der Waals surface area contributed by atoms with Gasteiger partial charge in [0.15, 0.2) is 6.61 Å². The second-order valence-electron chi connectivity index (χ2n) is 7.73. The van der Waals surface area contributed by atoms with E-state index < -0.39 is 0 Å². The van der Waals surface area contributed by atoms with Gasteiger partial charge in [-0.3, -0.25) is 14.5 Å². The number of fused-ring (bicyclic) bond motifs is 1. The van der Waals surface area contributed by atoms with Gasteiger partial charge in [-0.2, -0.15) is 5.10 Å². The van der Waals surface area contributed by atoms with Gasteiger partial charge in [-0.25, -0.2) is 9.67 Å². The largest absolute Gasteiger partial charge is 0.482 e. The number of ether oxygens (including phenoxy) is 1. The minimum atomic E-state index is -0.232. The SMILES string of the molecule is CC(CNC(=O)CN1C(=O)COc2ccc(C(C)(C)C)cc21)n1cncn1. The molecule has 0 radical (unpaired) electrons. The summed E-state index contributed by atoms with van der Waals surface area (Å²) in [5.74, 6) is 0.156. The van der Waals surface area contributed by atoms with Crippen molar-refractivity contribution in [1.82, 2.24) is 20.1 Å². The smallest absolute Gasteiger partial charge is 0.265 e. The zero-order valence-electron chi connectivity index (χ0n) is 16.1. The molecule has 8 nitrogen and oxygen atoms in total. The molecule has 0 aliphatic carbocycles. The van der Waals surface area contributed by atoms with E-state index in [0.717, 1.165) is 5.56 Å². The first-order valence-electron chi connectivity index (χ1n) is 8.94. The van der Waals surface area contributed by atoms with Crippen LogP contribution >= 0.6 is 0 Å². The van der Waals surface area contributed by atoms with Crippen LogP contribution in [-0.2, 0) is 15.0 Å². The molecule has 0 fully saturated rings. The highest BCUT2D eigenvalue weighted by atomic mass is 16.5. The van der Waals surface area contributed by atoms with Crippen molar-refractivity contribution in [3.05, 3.63) is 36.4 Å². The Labute approximate surface area is 158 Å². The fourth-order valence-corrected chi connectivity index (χ4v) is 2.84. The molecule has 0 saturated heterocycles. The molecule has 0 spiro atoms. The van der Waals surface area contributed by atoms with Crippen molar-refractivity contribution in [3.63, 3.8) is 0 Å². The van der Waals surface area contributed by atoms with Gasteiger partial charge in [-0.15, -0.1) is 0 Å². The number of benzene rings is 1. The maximum Gasteiger partial charge on any atom is 0.265 e. The van der Waals surface area contributed by atoms with Crippen LogP contribution in [0, 0.1) is 0 Å². The molecule has 1 aromatic heterocycles. The second kappa shape index (κ2) is 7.38. The van der Waals surface area contributed by atoms with Gasteiger partial charge >= 0.3 is 0 Å². The fourth-order valence-electron chi connectivity index (χ4n) is 2.84. The van der Waals surface area contributed by atoms with E-state index in [4.69, 9.17) is 4.74 Å². The van der Waals surface area contributed by atoms with Crippen molar-refractivity contribution in [3.8, 4) is 5.75 Å². The van der Waals surface area contributed by atoms with Crippen LogP contribution < -0.4 is 15.0 Å². The number of aromatic nitrogens is 3. The Morgan fingerprint density at radius 2 is 2.15 bits per heavy atom. The Hall–Kier alpha value is -2.90. The highest BCUT2D eigenvalue weighted by molar-refractivity contribution is 6.02. The number of hydrogen-bond donors (Lipinski definition) is 1. The Kier molecular flexibility index (Phi) is 5.16. The van der Waals surface area contributed by atoms with E-state index in [1.807, 2.05) is 25.1 Å². The van der Waals surface area contributed by atoms with E-state index in [0.29, 0.717) is 18.0 Å². The molecule has 1 N–H and O–H groups in total. The molecule has 1 aromatic carbocycles. The molecular weight excluding hydrogens is 346 g/mol. The lowest BCUT2D eigenvalue weighted by Gasteiger charge is -2.31. The summed E-state index contributed by atoms with van der Waals surface area (Å²) >= 11 is 0. The zero-order valence-corrected chi connectivity index (χ0v) is 16.1. The van der Waals surface area contributed by atoms with Crippen molar-refractivity contribution < 1.29 is 14.3 Å². The first-order chi connectivity index (χ1) is 12.8. The molecule has 27 heavy (non-hydrogen) atoms. The van der Waals surface area contributed by atoms with Gasteiger partial charge in [0.2, 0.25) is 5.91 Å². The van der Waals surface area contributed by atoms with E-state index in [2.05, 4.69) is 36.2 Å². The van der Waals surface area contributed by atoms with E-state index >= 15 is 0 Å². The summed E-state index contributed by atoms with van der Waals surface area (Å²) < 4.78 is 7.19. The standard InChI is InChI=1S/C19H25N5O3/c1-13(24-12-20-11-22-24)8-21-17(25)9-23-15-7-14(19(2,3)4)5-6-16(15)27-10-18(23)26/h5-7,11-13H,8-10H2,1-4H3,(H,21,25). The lowest BCUT2D eigenvalue weighted by Crippen LogP contribution is -2.46. The van der Waals surface area contributed by atoms with Gasteiger partial charge in [0, 0.05) is 6.54 Å². The summed E-state index contributed by atoms with van der Waals surface area (Å²) in [6, 6.07) is 5.75. The highest BCUT2D eigenvalue weighted by Gasteiger charge is 2.29. The Bertz CT molecular complexity index is 826. The van der Waals surface area contributed by atoms with Gasteiger partial charge in [-0.05, 0) is 30.0 Å². The molecular formula is C19H25N5O3. The molecule has 0 bridgehead atoms. The molecule has 2 amide bonds. The molecule has 3 rings (SSSR count). The molecule has 1 aliphatic heterocycles. The Morgan fingerprint density at radius 3 is 2.81 bits per heavy atom. The minimum Gasteiger partial charge on any atom is -0.482 e. The number of carbonyl (C=O) groups excluding carboxylic acids is 2. The molecule has 1 aliphatic rings. The third-order valence-electron chi connectivity index (χ3n) is 4.55. The summed E-state index contributed by atoms with van der Waals surface area (Å²) in [6.45, 7) is 8.52. The number of carbonyl (C=O) groups is 2. The Balaban J connectivity index is 1.71. The summed E-state index contributed by atoms with van der Waals surface area (Å²) in [4.78, 5) is 30.2. The van der Waals surface area contributed by atoms with E-state index in [1.165, 1.54) is 11.2 Å².